The summed E-state index contributed by atoms with van der Waals surface area (Å²) in [6, 6.07) is 4.04. The maximum absolute atomic E-state index is 12.5. The molecule has 0 aromatic carbocycles. The number of aryl methyl sites for hydroxylation is 1. The van der Waals surface area contributed by atoms with Crippen LogP contribution in [0.5, 0.6) is 0 Å². The third-order valence-corrected chi connectivity index (χ3v) is 5.41. The molecule has 0 N–H and O–H groups in total. The van der Waals surface area contributed by atoms with E-state index in [4.69, 9.17) is 9.15 Å². The first-order valence-corrected chi connectivity index (χ1v) is 9.27. The molecule has 0 bridgehead atoms. The third kappa shape index (κ3) is 4.42. The largest absolute Gasteiger partial charge is 0.469 e. The van der Waals surface area contributed by atoms with Crippen molar-refractivity contribution in [3.8, 4) is 0 Å². The van der Waals surface area contributed by atoms with E-state index in [0.29, 0.717) is 31.8 Å². The van der Waals surface area contributed by atoms with Gasteiger partial charge in [0.15, 0.2) is 0 Å². The lowest BCUT2D eigenvalue weighted by Crippen LogP contribution is -2.57. The fraction of sp³-hybridized carbons (Fsp3) is 0.684. The van der Waals surface area contributed by atoms with Crippen LogP contribution in [0.1, 0.15) is 37.9 Å². The molecule has 2 aliphatic heterocycles. The number of fused-ring (bicyclic) bond motifs is 1. The number of methoxy groups -OCH3 is 1. The molecule has 1 aromatic heterocycles. The summed E-state index contributed by atoms with van der Waals surface area (Å²) in [4.78, 5) is 28.8. The van der Waals surface area contributed by atoms with Gasteiger partial charge >= 0.3 is 0 Å². The average Bonchev–Trinajstić information content (AvgIpc) is 3.15. The highest BCUT2D eigenvalue weighted by Crippen LogP contribution is 2.31. The molecular formula is C19H28N2O4. The van der Waals surface area contributed by atoms with Crippen molar-refractivity contribution >= 4 is 11.8 Å². The Kier molecular flexibility index (Phi) is 6.13. The molecule has 6 nitrogen and oxygen atoms in total. The van der Waals surface area contributed by atoms with Crippen LogP contribution in [0, 0.1) is 5.92 Å². The summed E-state index contributed by atoms with van der Waals surface area (Å²) in [5.74, 6) is 1.71. The maximum atomic E-state index is 12.5. The van der Waals surface area contributed by atoms with Gasteiger partial charge in [0.1, 0.15) is 5.76 Å². The number of furan rings is 1. The summed E-state index contributed by atoms with van der Waals surface area (Å²) in [6.45, 7) is 2.96. The van der Waals surface area contributed by atoms with E-state index in [-0.39, 0.29) is 17.9 Å². The van der Waals surface area contributed by atoms with Gasteiger partial charge in [-0.1, -0.05) is 0 Å². The Morgan fingerprint density at radius 3 is 3.04 bits per heavy atom. The number of likely N-dealkylation sites (tertiary alicyclic amines) is 2. The third-order valence-electron chi connectivity index (χ3n) is 5.41. The Labute approximate surface area is 149 Å². The predicted molar refractivity (Wildman–Crippen MR) is 92.9 cm³/mol. The standard InChI is InChI=1S/C19H28N2O4/c1-24-12-3-10-21-17-9-11-20(14-15(17)5-7-19(21)23)18(22)8-6-16-4-2-13-25-16/h2,4,13,15,17H,3,5-12,14H2,1H3/t15-,17+/m0/s1. The molecule has 3 rings (SSSR count). The van der Waals surface area contributed by atoms with E-state index in [0.717, 1.165) is 44.7 Å². The predicted octanol–water partition coefficient (Wildman–Crippen LogP) is 2.09. The van der Waals surface area contributed by atoms with Gasteiger partial charge in [0.25, 0.3) is 0 Å². The van der Waals surface area contributed by atoms with Crippen molar-refractivity contribution in [1.29, 1.82) is 0 Å². The smallest absolute Gasteiger partial charge is 0.223 e. The minimum Gasteiger partial charge on any atom is -0.469 e. The van der Waals surface area contributed by atoms with E-state index in [1.54, 1.807) is 13.4 Å². The highest BCUT2D eigenvalue weighted by atomic mass is 16.5. The second kappa shape index (κ2) is 8.52. The highest BCUT2D eigenvalue weighted by Gasteiger charge is 2.39. The van der Waals surface area contributed by atoms with Crippen LogP contribution in [0.25, 0.3) is 0 Å². The van der Waals surface area contributed by atoms with E-state index in [9.17, 15) is 9.59 Å². The Morgan fingerprint density at radius 1 is 1.40 bits per heavy atom. The van der Waals surface area contributed by atoms with Crippen molar-refractivity contribution < 1.29 is 18.7 Å². The van der Waals surface area contributed by atoms with Crippen LogP contribution in [0.3, 0.4) is 0 Å². The Morgan fingerprint density at radius 2 is 2.28 bits per heavy atom. The monoisotopic (exact) mass is 348 g/mol. The molecule has 2 amide bonds. The molecule has 1 aromatic rings. The molecule has 0 saturated carbocycles. The van der Waals surface area contributed by atoms with Crippen molar-refractivity contribution in [2.45, 2.75) is 44.6 Å². The van der Waals surface area contributed by atoms with Gasteiger partial charge in [-0.15, -0.1) is 0 Å². The lowest BCUT2D eigenvalue weighted by atomic mass is 9.83. The number of carbonyl (C=O) groups is 2. The molecule has 25 heavy (non-hydrogen) atoms. The topological polar surface area (TPSA) is 63.0 Å². The van der Waals surface area contributed by atoms with Crippen LogP contribution in [0.2, 0.25) is 0 Å². The molecule has 2 atom stereocenters. The highest BCUT2D eigenvalue weighted by molar-refractivity contribution is 5.78. The van der Waals surface area contributed by atoms with Crippen LogP contribution in [0.15, 0.2) is 22.8 Å². The molecule has 2 aliphatic rings. The molecule has 138 valence electrons. The summed E-state index contributed by atoms with van der Waals surface area (Å²) >= 11 is 0. The number of nitrogens with zero attached hydrogens (tertiary/aromatic N) is 2. The zero-order valence-electron chi connectivity index (χ0n) is 15.0. The van der Waals surface area contributed by atoms with E-state index < -0.39 is 0 Å². The second-order valence-electron chi connectivity index (χ2n) is 7.01. The molecule has 0 radical (unpaired) electrons. The fourth-order valence-electron chi connectivity index (χ4n) is 4.09. The quantitative estimate of drug-likeness (QED) is 0.708. The van der Waals surface area contributed by atoms with Crippen molar-refractivity contribution in [2.24, 2.45) is 5.92 Å². The van der Waals surface area contributed by atoms with Gasteiger partial charge in [-0.05, 0) is 37.3 Å². The molecular weight excluding hydrogens is 320 g/mol. The van der Waals surface area contributed by atoms with Crippen LogP contribution in [-0.4, -0.2) is 61.0 Å². The van der Waals surface area contributed by atoms with Gasteiger partial charge < -0.3 is 19.0 Å². The summed E-state index contributed by atoms with van der Waals surface area (Å²) in [5.41, 5.74) is 0. The van der Waals surface area contributed by atoms with E-state index in [1.807, 2.05) is 21.9 Å². The molecule has 3 heterocycles. The summed E-state index contributed by atoms with van der Waals surface area (Å²) < 4.78 is 10.4. The van der Waals surface area contributed by atoms with Gasteiger partial charge in [-0.3, -0.25) is 9.59 Å². The van der Waals surface area contributed by atoms with Crippen LogP contribution < -0.4 is 0 Å². The van der Waals surface area contributed by atoms with Gasteiger partial charge in [0.05, 0.1) is 6.26 Å². The van der Waals surface area contributed by atoms with Crippen LogP contribution >= 0.6 is 0 Å². The van der Waals surface area contributed by atoms with Gasteiger partial charge in [-0.25, -0.2) is 0 Å². The van der Waals surface area contributed by atoms with Gasteiger partial charge in [0, 0.05) is 58.7 Å². The summed E-state index contributed by atoms with van der Waals surface area (Å²) in [7, 11) is 1.69. The zero-order valence-corrected chi connectivity index (χ0v) is 15.0. The van der Waals surface area contributed by atoms with Crippen LogP contribution in [-0.2, 0) is 20.7 Å². The number of piperidine rings is 2. The Balaban J connectivity index is 1.52. The fourth-order valence-corrected chi connectivity index (χ4v) is 4.09. The van der Waals surface area contributed by atoms with E-state index in [2.05, 4.69) is 0 Å². The first-order chi connectivity index (χ1) is 12.2. The number of rotatable bonds is 7. The lowest BCUT2D eigenvalue weighted by molar-refractivity contribution is -0.144. The van der Waals surface area contributed by atoms with Gasteiger partial charge in [-0.2, -0.15) is 0 Å². The maximum Gasteiger partial charge on any atom is 0.223 e. The number of hydrogen-bond donors (Lipinski definition) is 0. The first kappa shape index (κ1) is 18.0. The number of carbonyl (C=O) groups excluding carboxylic acids is 2. The molecule has 6 heteroatoms. The molecule has 0 spiro atoms. The zero-order chi connectivity index (χ0) is 17.6. The van der Waals surface area contributed by atoms with Crippen molar-refractivity contribution in [2.75, 3.05) is 33.4 Å². The number of amides is 2. The van der Waals surface area contributed by atoms with Crippen molar-refractivity contribution in [1.82, 2.24) is 9.80 Å². The Hall–Kier alpha value is -1.82. The SMILES string of the molecule is COCCCN1C(=O)CC[C@H]2CN(C(=O)CCc3ccco3)CC[C@H]21. The minimum atomic E-state index is 0.192. The lowest BCUT2D eigenvalue weighted by Gasteiger charge is -2.47. The number of ether oxygens (including phenoxy) is 1. The molecule has 2 fully saturated rings. The Bertz CT molecular complexity index is 572. The second-order valence-corrected chi connectivity index (χ2v) is 7.01. The van der Waals surface area contributed by atoms with E-state index in [1.165, 1.54) is 0 Å². The normalized spacial score (nSPS) is 23.6. The average molecular weight is 348 g/mol. The molecule has 0 unspecified atom stereocenters. The first-order valence-electron chi connectivity index (χ1n) is 9.27. The molecule has 0 aliphatic carbocycles. The van der Waals surface area contributed by atoms with Crippen molar-refractivity contribution in [3.05, 3.63) is 24.2 Å². The minimum absolute atomic E-state index is 0.192. The molecule has 2 saturated heterocycles. The number of hydrogen-bond acceptors (Lipinski definition) is 4. The summed E-state index contributed by atoms with van der Waals surface area (Å²) in [5, 5.41) is 0. The van der Waals surface area contributed by atoms with Crippen LogP contribution in [0.4, 0.5) is 0 Å². The van der Waals surface area contributed by atoms with E-state index >= 15 is 0 Å². The van der Waals surface area contributed by atoms with Crippen molar-refractivity contribution in [3.63, 3.8) is 0 Å². The summed E-state index contributed by atoms with van der Waals surface area (Å²) in [6.07, 6.45) is 6.03. The van der Waals surface area contributed by atoms with Gasteiger partial charge in [0.2, 0.25) is 11.8 Å².